The third-order valence-corrected chi connectivity index (χ3v) is 5.13. The highest BCUT2D eigenvalue weighted by atomic mass is 16.5. The van der Waals surface area contributed by atoms with Gasteiger partial charge in [-0.3, -0.25) is 0 Å². The predicted molar refractivity (Wildman–Crippen MR) is 114 cm³/mol. The maximum atomic E-state index is 6.19. The molecule has 3 aromatic rings. The van der Waals surface area contributed by atoms with Crippen LogP contribution in [0, 0.1) is 0 Å². The summed E-state index contributed by atoms with van der Waals surface area (Å²) in [5.74, 6) is 2.74. The van der Waals surface area contributed by atoms with Crippen molar-refractivity contribution in [1.29, 1.82) is 0 Å². The van der Waals surface area contributed by atoms with Gasteiger partial charge in [0.15, 0.2) is 0 Å². The molecular formula is C22H26N4O3. The lowest BCUT2D eigenvalue weighted by Crippen LogP contribution is -2.35. The second-order valence-electron chi connectivity index (χ2n) is 7.26. The summed E-state index contributed by atoms with van der Waals surface area (Å²) in [6.45, 7) is 2.14. The smallest absolute Gasteiger partial charge is 0.227 e. The van der Waals surface area contributed by atoms with Crippen molar-refractivity contribution in [2.75, 3.05) is 39.7 Å². The second-order valence-corrected chi connectivity index (χ2v) is 7.26. The molecular weight excluding hydrogens is 368 g/mol. The standard InChI is InChI=1S/C22H26N4O3/c1-26-8-6-17(7-9-26)29-18-5-4-15-14-23-22(25-21(15)13-18)24-16-10-19(27-2)12-20(11-16)28-3/h4-5,10-14,17H,6-9H2,1-3H3,(H,23,24,25). The first-order valence-electron chi connectivity index (χ1n) is 9.75. The van der Waals surface area contributed by atoms with Gasteiger partial charge >= 0.3 is 0 Å². The van der Waals surface area contributed by atoms with Gasteiger partial charge < -0.3 is 24.4 Å². The first kappa shape index (κ1) is 19.3. The highest BCUT2D eigenvalue weighted by Gasteiger charge is 2.18. The molecule has 0 aliphatic carbocycles. The third kappa shape index (κ3) is 4.68. The zero-order chi connectivity index (χ0) is 20.2. The summed E-state index contributed by atoms with van der Waals surface area (Å²) >= 11 is 0. The molecule has 1 fully saturated rings. The number of piperidine rings is 1. The van der Waals surface area contributed by atoms with E-state index in [2.05, 4.69) is 27.2 Å². The van der Waals surface area contributed by atoms with Crippen LogP contribution in [0.25, 0.3) is 10.9 Å². The maximum absolute atomic E-state index is 6.19. The number of fused-ring (bicyclic) bond motifs is 1. The SMILES string of the molecule is COc1cc(Nc2ncc3ccc(OC4CCN(C)CC4)cc3n2)cc(OC)c1. The molecule has 1 saturated heterocycles. The van der Waals surface area contributed by atoms with Gasteiger partial charge in [0.2, 0.25) is 5.95 Å². The number of hydrogen-bond donors (Lipinski definition) is 1. The van der Waals surface area contributed by atoms with Crippen molar-refractivity contribution in [1.82, 2.24) is 14.9 Å². The van der Waals surface area contributed by atoms with Crippen molar-refractivity contribution in [2.24, 2.45) is 0 Å². The topological polar surface area (TPSA) is 68.7 Å². The minimum atomic E-state index is 0.257. The average Bonchev–Trinajstić information content (AvgIpc) is 2.75. The first-order valence-corrected chi connectivity index (χ1v) is 9.75. The van der Waals surface area contributed by atoms with E-state index in [4.69, 9.17) is 14.2 Å². The fourth-order valence-electron chi connectivity index (χ4n) is 3.44. The lowest BCUT2D eigenvalue weighted by Gasteiger charge is -2.29. The van der Waals surface area contributed by atoms with Crippen LogP contribution < -0.4 is 19.5 Å². The molecule has 0 amide bonds. The van der Waals surface area contributed by atoms with Crippen LogP contribution >= 0.6 is 0 Å². The first-order chi connectivity index (χ1) is 14.1. The Bertz CT molecular complexity index is 965. The fourth-order valence-corrected chi connectivity index (χ4v) is 3.44. The molecule has 1 N–H and O–H groups in total. The van der Waals surface area contributed by atoms with Gasteiger partial charge in [0.1, 0.15) is 23.4 Å². The molecule has 0 bridgehead atoms. The van der Waals surface area contributed by atoms with Crippen LogP contribution in [0.4, 0.5) is 11.6 Å². The van der Waals surface area contributed by atoms with Gasteiger partial charge in [-0.15, -0.1) is 0 Å². The van der Waals surface area contributed by atoms with E-state index in [1.807, 2.05) is 36.4 Å². The van der Waals surface area contributed by atoms with Crippen molar-refractivity contribution in [3.63, 3.8) is 0 Å². The van der Waals surface area contributed by atoms with Crippen LogP contribution in [0.5, 0.6) is 17.2 Å². The number of aromatic nitrogens is 2. The van der Waals surface area contributed by atoms with E-state index in [9.17, 15) is 0 Å². The van der Waals surface area contributed by atoms with E-state index < -0.39 is 0 Å². The number of likely N-dealkylation sites (tertiary alicyclic amines) is 1. The predicted octanol–water partition coefficient (Wildman–Crippen LogP) is 3.86. The Morgan fingerprint density at radius 1 is 0.966 bits per heavy atom. The minimum Gasteiger partial charge on any atom is -0.497 e. The number of benzene rings is 2. The summed E-state index contributed by atoms with van der Waals surface area (Å²) in [5, 5.41) is 4.19. The molecule has 0 spiro atoms. The van der Waals surface area contributed by atoms with Crippen molar-refractivity contribution in [3.05, 3.63) is 42.6 Å². The Morgan fingerprint density at radius 3 is 2.38 bits per heavy atom. The lowest BCUT2D eigenvalue weighted by atomic mass is 10.1. The van der Waals surface area contributed by atoms with Crippen molar-refractivity contribution in [2.45, 2.75) is 18.9 Å². The molecule has 1 aliphatic heterocycles. The van der Waals surface area contributed by atoms with Crippen molar-refractivity contribution < 1.29 is 14.2 Å². The fraction of sp³-hybridized carbons (Fsp3) is 0.364. The van der Waals surface area contributed by atoms with Gasteiger partial charge in [0.25, 0.3) is 0 Å². The molecule has 29 heavy (non-hydrogen) atoms. The molecule has 0 unspecified atom stereocenters. The number of ether oxygens (including phenoxy) is 3. The van der Waals surface area contributed by atoms with Gasteiger partial charge in [0.05, 0.1) is 19.7 Å². The summed E-state index contributed by atoms with van der Waals surface area (Å²) in [6.07, 6.45) is 4.15. The number of hydrogen-bond acceptors (Lipinski definition) is 7. The van der Waals surface area contributed by atoms with Crippen molar-refractivity contribution in [3.8, 4) is 17.2 Å². The van der Waals surface area contributed by atoms with Gasteiger partial charge in [-0.1, -0.05) is 0 Å². The Balaban J connectivity index is 1.54. The second kappa shape index (κ2) is 8.53. The van der Waals surface area contributed by atoms with Gasteiger partial charge in [-0.2, -0.15) is 0 Å². The molecule has 0 saturated carbocycles. The Hall–Kier alpha value is -3.06. The number of anilines is 2. The highest BCUT2D eigenvalue weighted by Crippen LogP contribution is 2.28. The molecule has 1 aromatic heterocycles. The van der Waals surface area contributed by atoms with Crippen LogP contribution in [0.3, 0.4) is 0 Å². The summed E-state index contributed by atoms with van der Waals surface area (Å²) in [7, 11) is 5.39. The Labute approximate surface area is 170 Å². The van der Waals surface area contributed by atoms with Crippen molar-refractivity contribution >= 4 is 22.5 Å². The summed E-state index contributed by atoms with van der Waals surface area (Å²) in [4.78, 5) is 11.4. The molecule has 1 aliphatic rings. The monoisotopic (exact) mass is 394 g/mol. The molecule has 2 heterocycles. The van der Waals surface area contributed by atoms with E-state index in [0.29, 0.717) is 17.4 Å². The molecule has 2 aromatic carbocycles. The lowest BCUT2D eigenvalue weighted by molar-refractivity contribution is 0.114. The average molecular weight is 394 g/mol. The van der Waals surface area contributed by atoms with Crippen LogP contribution in [0.2, 0.25) is 0 Å². The van der Waals surface area contributed by atoms with Crippen LogP contribution in [0.15, 0.2) is 42.6 Å². The molecule has 4 rings (SSSR count). The zero-order valence-corrected chi connectivity index (χ0v) is 17.0. The van der Waals surface area contributed by atoms with E-state index in [0.717, 1.165) is 48.3 Å². The highest BCUT2D eigenvalue weighted by molar-refractivity contribution is 5.80. The van der Waals surface area contributed by atoms with E-state index in [1.54, 1.807) is 20.4 Å². The number of nitrogens with zero attached hydrogens (tertiary/aromatic N) is 3. The van der Waals surface area contributed by atoms with E-state index in [-0.39, 0.29) is 6.10 Å². The summed E-state index contributed by atoms with van der Waals surface area (Å²) < 4.78 is 16.8. The molecule has 152 valence electrons. The van der Waals surface area contributed by atoms with Gasteiger partial charge in [-0.05, 0) is 32.0 Å². The molecule has 7 heteroatoms. The van der Waals surface area contributed by atoms with E-state index >= 15 is 0 Å². The Morgan fingerprint density at radius 2 is 1.69 bits per heavy atom. The molecule has 0 atom stereocenters. The molecule has 7 nitrogen and oxygen atoms in total. The number of nitrogens with one attached hydrogen (secondary N) is 1. The van der Waals surface area contributed by atoms with Gasteiger partial charge in [0, 0.05) is 54.6 Å². The number of methoxy groups -OCH3 is 2. The van der Waals surface area contributed by atoms with E-state index in [1.165, 1.54) is 0 Å². The minimum absolute atomic E-state index is 0.257. The number of rotatable bonds is 6. The zero-order valence-electron chi connectivity index (χ0n) is 17.0. The van der Waals surface area contributed by atoms with Crippen LogP contribution in [0.1, 0.15) is 12.8 Å². The van der Waals surface area contributed by atoms with Crippen LogP contribution in [-0.2, 0) is 0 Å². The quantitative estimate of drug-likeness (QED) is 0.681. The van der Waals surface area contributed by atoms with Crippen LogP contribution in [-0.4, -0.2) is 55.3 Å². The normalized spacial score (nSPS) is 15.3. The van der Waals surface area contributed by atoms with Gasteiger partial charge in [-0.25, -0.2) is 9.97 Å². The maximum Gasteiger partial charge on any atom is 0.227 e. The largest absolute Gasteiger partial charge is 0.497 e. The molecule has 0 radical (unpaired) electrons. The Kier molecular flexibility index (Phi) is 5.67. The summed E-state index contributed by atoms with van der Waals surface area (Å²) in [6, 6.07) is 11.5. The summed E-state index contributed by atoms with van der Waals surface area (Å²) in [5.41, 5.74) is 1.63. The third-order valence-electron chi connectivity index (χ3n) is 5.13.